The van der Waals surface area contributed by atoms with Gasteiger partial charge in [0, 0.05) is 6.42 Å². The van der Waals surface area contributed by atoms with Crippen molar-refractivity contribution in [2.75, 3.05) is 47.5 Å². The van der Waals surface area contributed by atoms with E-state index in [1.807, 2.05) is 27.2 Å². The van der Waals surface area contributed by atoms with Crippen LogP contribution in [0.4, 0.5) is 0 Å². The van der Waals surface area contributed by atoms with Gasteiger partial charge in [0.05, 0.1) is 34.0 Å². The molecule has 9 heteroatoms. The Kier molecular flexibility index (Phi) is 38.4. The van der Waals surface area contributed by atoms with Crippen LogP contribution < -0.4 is 4.89 Å². The van der Waals surface area contributed by atoms with Crippen LogP contribution in [-0.2, 0) is 27.9 Å². The van der Waals surface area contributed by atoms with Gasteiger partial charge in [-0.3, -0.25) is 9.36 Å². The van der Waals surface area contributed by atoms with E-state index >= 15 is 0 Å². The summed E-state index contributed by atoms with van der Waals surface area (Å²) in [6.07, 6.45) is 46.7. The molecule has 55 heavy (non-hydrogen) atoms. The summed E-state index contributed by atoms with van der Waals surface area (Å²) < 4.78 is 34.4. The Labute approximate surface area is 340 Å². The second-order valence-electron chi connectivity index (χ2n) is 16.5. The van der Waals surface area contributed by atoms with Crippen molar-refractivity contribution in [3.05, 3.63) is 36.6 Å². The highest BCUT2D eigenvalue weighted by Crippen LogP contribution is 2.38. The summed E-state index contributed by atoms with van der Waals surface area (Å²) in [4.78, 5) is 25.0. The standard InChI is InChI=1S/C46H88NO7P/c1-6-8-10-12-14-16-18-20-22-24-25-27-29-31-33-35-37-39-46(48)54-45(44-53-55(49,50)52-42-40-47(3,4)5)43-51-41-38-36-34-32-30-28-26-23-21-19-17-15-13-11-9-7-2/h14,16,20,22,38,41,45H,6-13,15,17-19,21,23-37,39-40,42-44H2,1-5H3/b16-14+,22-20+,41-38+/t45-/m1/s1. The van der Waals surface area contributed by atoms with Crippen LogP contribution in [-0.4, -0.2) is 64.1 Å². The van der Waals surface area contributed by atoms with Gasteiger partial charge in [0.2, 0.25) is 0 Å². The second kappa shape index (κ2) is 39.4. The number of hydrogen-bond acceptors (Lipinski definition) is 7. The van der Waals surface area contributed by atoms with E-state index in [1.165, 1.54) is 135 Å². The van der Waals surface area contributed by atoms with Crippen LogP contribution in [0, 0.1) is 0 Å². The number of nitrogens with zero attached hydrogens (tertiary/aromatic N) is 1. The Morgan fingerprint density at radius 3 is 1.53 bits per heavy atom. The van der Waals surface area contributed by atoms with Crippen LogP contribution in [0.25, 0.3) is 0 Å². The smallest absolute Gasteiger partial charge is 0.306 e. The molecule has 0 aromatic carbocycles. The van der Waals surface area contributed by atoms with Crippen molar-refractivity contribution in [2.24, 2.45) is 0 Å². The molecule has 0 saturated carbocycles. The Hall–Kier alpha value is -1.44. The minimum absolute atomic E-state index is 0.0153. The second-order valence-corrected chi connectivity index (χ2v) is 17.9. The molecule has 0 spiro atoms. The van der Waals surface area contributed by atoms with E-state index in [0.29, 0.717) is 17.4 Å². The molecule has 324 valence electrons. The first-order valence-electron chi connectivity index (χ1n) is 22.8. The van der Waals surface area contributed by atoms with Crippen molar-refractivity contribution in [3.8, 4) is 0 Å². The number of allylic oxidation sites excluding steroid dienone is 5. The van der Waals surface area contributed by atoms with Gasteiger partial charge in [-0.05, 0) is 57.4 Å². The Morgan fingerprint density at radius 1 is 0.582 bits per heavy atom. The van der Waals surface area contributed by atoms with E-state index < -0.39 is 13.9 Å². The first-order chi connectivity index (χ1) is 26.6. The number of rotatable bonds is 42. The molecule has 2 atom stereocenters. The lowest BCUT2D eigenvalue weighted by Gasteiger charge is -2.28. The molecular weight excluding hydrogens is 709 g/mol. The molecular formula is C46H88NO7P. The van der Waals surface area contributed by atoms with E-state index in [0.717, 1.165) is 44.9 Å². The number of carbonyl (C=O) groups excluding carboxylic acids is 1. The van der Waals surface area contributed by atoms with Gasteiger partial charge in [0.25, 0.3) is 7.82 Å². The molecule has 0 saturated heterocycles. The molecule has 1 unspecified atom stereocenters. The van der Waals surface area contributed by atoms with Crippen molar-refractivity contribution in [1.82, 2.24) is 0 Å². The van der Waals surface area contributed by atoms with Crippen LogP contribution in [0.1, 0.15) is 200 Å². The predicted molar refractivity (Wildman–Crippen MR) is 231 cm³/mol. The molecule has 0 aliphatic carbocycles. The minimum Gasteiger partial charge on any atom is -0.756 e. The lowest BCUT2D eigenvalue weighted by molar-refractivity contribution is -0.870. The zero-order chi connectivity index (χ0) is 40.6. The lowest BCUT2D eigenvalue weighted by Crippen LogP contribution is -2.37. The van der Waals surface area contributed by atoms with Gasteiger partial charge >= 0.3 is 5.97 Å². The molecule has 0 aromatic rings. The van der Waals surface area contributed by atoms with Crippen LogP contribution in [0.5, 0.6) is 0 Å². The number of phosphoric acid groups is 1. The molecule has 0 rings (SSSR count). The third-order valence-electron chi connectivity index (χ3n) is 9.76. The molecule has 0 fully saturated rings. The number of unbranched alkanes of at least 4 members (excludes halogenated alkanes) is 24. The molecule has 8 nitrogen and oxygen atoms in total. The van der Waals surface area contributed by atoms with Gasteiger partial charge in [-0.25, -0.2) is 0 Å². The number of ether oxygens (including phenoxy) is 2. The SMILES string of the molecule is CCCCC/C=C/C/C=C/CCCCCCCCCC(=O)O[C@H](CO/C=C/CCCCCCCCCCCCCCCC)COP(=O)([O-])OCC[N+](C)(C)C. The Bertz CT molecular complexity index is 978. The van der Waals surface area contributed by atoms with Gasteiger partial charge in [0.1, 0.15) is 19.8 Å². The van der Waals surface area contributed by atoms with Crippen molar-refractivity contribution < 1.29 is 37.3 Å². The fraction of sp³-hybridized carbons (Fsp3) is 0.848. The molecule has 0 radical (unpaired) electrons. The number of quaternary nitrogens is 1. The van der Waals surface area contributed by atoms with Crippen molar-refractivity contribution >= 4 is 13.8 Å². The summed E-state index contributed by atoms with van der Waals surface area (Å²) in [6, 6.07) is 0. The van der Waals surface area contributed by atoms with Crippen LogP contribution in [0.3, 0.4) is 0 Å². The summed E-state index contributed by atoms with van der Waals surface area (Å²) >= 11 is 0. The fourth-order valence-corrected chi connectivity index (χ4v) is 6.92. The average Bonchev–Trinajstić information content (AvgIpc) is 3.13. The van der Waals surface area contributed by atoms with E-state index in [9.17, 15) is 14.3 Å². The zero-order valence-corrected chi connectivity index (χ0v) is 37.5. The topological polar surface area (TPSA) is 94.1 Å². The number of carbonyl (C=O) groups is 1. The lowest BCUT2D eigenvalue weighted by atomic mass is 10.0. The van der Waals surface area contributed by atoms with Gasteiger partial charge in [0.15, 0.2) is 6.10 Å². The minimum atomic E-state index is -4.54. The highest BCUT2D eigenvalue weighted by atomic mass is 31.2. The summed E-state index contributed by atoms with van der Waals surface area (Å²) in [5.74, 6) is -0.363. The summed E-state index contributed by atoms with van der Waals surface area (Å²) in [6.45, 7) is 4.72. The Morgan fingerprint density at radius 2 is 1.02 bits per heavy atom. The number of phosphoric ester groups is 1. The molecule has 0 heterocycles. The summed E-state index contributed by atoms with van der Waals surface area (Å²) in [5.41, 5.74) is 0. The maximum atomic E-state index is 12.7. The van der Waals surface area contributed by atoms with Crippen molar-refractivity contribution in [1.29, 1.82) is 0 Å². The van der Waals surface area contributed by atoms with E-state index in [-0.39, 0.29) is 25.8 Å². The van der Waals surface area contributed by atoms with Gasteiger partial charge in [-0.15, -0.1) is 0 Å². The highest BCUT2D eigenvalue weighted by Gasteiger charge is 2.20. The van der Waals surface area contributed by atoms with Gasteiger partial charge < -0.3 is 27.9 Å². The zero-order valence-electron chi connectivity index (χ0n) is 36.6. The Balaban J connectivity index is 4.27. The first-order valence-corrected chi connectivity index (χ1v) is 24.2. The largest absolute Gasteiger partial charge is 0.756 e. The molecule has 0 amide bonds. The van der Waals surface area contributed by atoms with Crippen LogP contribution in [0.15, 0.2) is 36.6 Å². The molecule has 0 aromatic heterocycles. The molecule has 0 aliphatic heterocycles. The molecule has 0 bridgehead atoms. The molecule has 0 aliphatic rings. The third kappa shape index (κ3) is 43.5. The van der Waals surface area contributed by atoms with Gasteiger partial charge in [-0.1, -0.05) is 167 Å². The number of hydrogen-bond donors (Lipinski definition) is 0. The highest BCUT2D eigenvalue weighted by molar-refractivity contribution is 7.45. The van der Waals surface area contributed by atoms with E-state index in [1.54, 1.807) is 6.26 Å². The summed E-state index contributed by atoms with van der Waals surface area (Å²) in [7, 11) is 1.32. The fourth-order valence-electron chi connectivity index (χ4n) is 6.19. The average molecular weight is 798 g/mol. The van der Waals surface area contributed by atoms with Crippen LogP contribution in [0.2, 0.25) is 0 Å². The van der Waals surface area contributed by atoms with Gasteiger partial charge in [-0.2, -0.15) is 0 Å². The quantitative estimate of drug-likeness (QED) is 0.0152. The number of likely N-dealkylation sites (N-methyl/N-ethyl adjacent to an activating group) is 1. The maximum Gasteiger partial charge on any atom is 0.306 e. The monoisotopic (exact) mass is 798 g/mol. The predicted octanol–water partition coefficient (Wildman–Crippen LogP) is 13.1. The maximum absolute atomic E-state index is 12.7. The normalized spacial score (nSPS) is 14.0. The van der Waals surface area contributed by atoms with E-state index in [2.05, 4.69) is 38.2 Å². The molecule has 0 N–H and O–H groups in total. The summed E-state index contributed by atoms with van der Waals surface area (Å²) in [5, 5.41) is 0. The first kappa shape index (κ1) is 53.6. The van der Waals surface area contributed by atoms with Crippen LogP contribution >= 0.6 is 7.82 Å². The number of esters is 1. The third-order valence-corrected chi connectivity index (χ3v) is 10.7. The van der Waals surface area contributed by atoms with E-state index in [4.69, 9.17) is 18.5 Å². The van der Waals surface area contributed by atoms with Crippen molar-refractivity contribution in [3.63, 3.8) is 0 Å². The van der Waals surface area contributed by atoms with Crippen molar-refractivity contribution in [2.45, 2.75) is 206 Å².